The van der Waals surface area contributed by atoms with Crippen molar-refractivity contribution in [2.75, 3.05) is 13.6 Å². The minimum Gasteiger partial charge on any atom is -0.391 e. The average molecular weight is 347 g/mol. The second kappa shape index (κ2) is 6.74. The first-order chi connectivity index (χ1) is 11.0. The molecule has 0 spiro atoms. The number of amides is 1. The first kappa shape index (κ1) is 18.8. The quantitative estimate of drug-likeness (QED) is 0.860. The van der Waals surface area contributed by atoms with Crippen molar-refractivity contribution in [3.8, 4) is 0 Å². The van der Waals surface area contributed by atoms with Gasteiger partial charge in [0, 0.05) is 24.8 Å². The van der Waals surface area contributed by atoms with E-state index in [1.807, 2.05) is 0 Å². The molecule has 1 aromatic heterocycles. The zero-order valence-electron chi connectivity index (χ0n) is 14.4. The molecule has 1 aliphatic carbocycles. The highest BCUT2D eigenvalue weighted by Crippen LogP contribution is 2.33. The van der Waals surface area contributed by atoms with Crippen LogP contribution in [0, 0.1) is 19.8 Å². The summed E-state index contributed by atoms with van der Waals surface area (Å²) in [4.78, 5) is 14.0. The van der Waals surface area contributed by atoms with Gasteiger partial charge in [0.2, 0.25) is 5.91 Å². The van der Waals surface area contributed by atoms with Crippen LogP contribution in [0.5, 0.6) is 0 Å². The SMILES string of the molecule is Cc1nn(CC(F)(F)F)c(C)c1C(C)C(=O)N(C)CC(O)C1CC1. The van der Waals surface area contributed by atoms with E-state index >= 15 is 0 Å². The number of rotatable bonds is 6. The largest absolute Gasteiger partial charge is 0.408 e. The van der Waals surface area contributed by atoms with Crippen LogP contribution in [-0.2, 0) is 11.3 Å². The lowest BCUT2D eigenvalue weighted by atomic mass is 9.97. The molecule has 1 aliphatic rings. The molecule has 2 rings (SSSR count). The highest BCUT2D eigenvalue weighted by atomic mass is 19.4. The molecule has 0 saturated heterocycles. The number of nitrogens with zero attached hydrogens (tertiary/aromatic N) is 3. The molecule has 1 amide bonds. The summed E-state index contributed by atoms with van der Waals surface area (Å²) < 4.78 is 38.7. The number of carbonyl (C=O) groups is 1. The zero-order valence-corrected chi connectivity index (χ0v) is 14.4. The van der Waals surface area contributed by atoms with Crippen molar-refractivity contribution in [3.05, 3.63) is 17.0 Å². The van der Waals surface area contributed by atoms with Crippen LogP contribution in [0.3, 0.4) is 0 Å². The van der Waals surface area contributed by atoms with Crippen molar-refractivity contribution in [1.29, 1.82) is 0 Å². The Balaban J connectivity index is 2.13. The Hall–Kier alpha value is -1.57. The first-order valence-electron chi connectivity index (χ1n) is 8.05. The molecule has 0 aromatic carbocycles. The van der Waals surface area contributed by atoms with E-state index in [-0.39, 0.29) is 18.4 Å². The Labute approximate surface area is 139 Å². The van der Waals surface area contributed by atoms with E-state index < -0.39 is 24.7 Å². The smallest absolute Gasteiger partial charge is 0.391 e. The highest BCUT2D eigenvalue weighted by Gasteiger charge is 2.34. The number of hydrogen-bond acceptors (Lipinski definition) is 3. The molecule has 0 radical (unpaired) electrons. The van der Waals surface area contributed by atoms with Crippen molar-refractivity contribution in [3.63, 3.8) is 0 Å². The van der Waals surface area contributed by atoms with Crippen LogP contribution in [0.2, 0.25) is 0 Å². The lowest BCUT2D eigenvalue weighted by Crippen LogP contribution is -2.37. The number of alkyl halides is 3. The van der Waals surface area contributed by atoms with Gasteiger partial charge >= 0.3 is 6.18 Å². The van der Waals surface area contributed by atoms with Gasteiger partial charge in [0.05, 0.1) is 17.7 Å². The van der Waals surface area contributed by atoms with Crippen molar-refractivity contribution in [2.45, 2.75) is 58.4 Å². The number of aryl methyl sites for hydroxylation is 1. The van der Waals surface area contributed by atoms with Crippen LogP contribution in [0.25, 0.3) is 0 Å². The zero-order chi connectivity index (χ0) is 18.2. The molecular weight excluding hydrogens is 323 g/mol. The van der Waals surface area contributed by atoms with Gasteiger partial charge in [0.25, 0.3) is 0 Å². The molecule has 2 unspecified atom stereocenters. The maximum Gasteiger partial charge on any atom is 0.408 e. The second-order valence-corrected chi connectivity index (χ2v) is 6.70. The third kappa shape index (κ3) is 4.28. The number of aromatic nitrogens is 2. The van der Waals surface area contributed by atoms with Crippen LogP contribution in [0.1, 0.15) is 42.6 Å². The summed E-state index contributed by atoms with van der Waals surface area (Å²) in [6.07, 6.45) is -2.96. The molecule has 8 heteroatoms. The number of likely N-dealkylation sites (N-methyl/N-ethyl adjacent to an activating group) is 1. The molecule has 1 N–H and O–H groups in total. The molecule has 1 saturated carbocycles. The molecule has 0 aliphatic heterocycles. The molecule has 2 atom stereocenters. The van der Waals surface area contributed by atoms with Crippen molar-refractivity contribution >= 4 is 5.91 Å². The summed E-state index contributed by atoms with van der Waals surface area (Å²) >= 11 is 0. The van der Waals surface area contributed by atoms with Gasteiger partial charge in [0.1, 0.15) is 6.54 Å². The van der Waals surface area contributed by atoms with E-state index in [0.29, 0.717) is 17.0 Å². The third-order valence-corrected chi connectivity index (χ3v) is 4.57. The van der Waals surface area contributed by atoms with Crippen LogP contribution in [0.15, 0.2) is 0 Å². The van der Waals surface area contributed by atoms with Crippen molar-refractivity contribution in [2.24, 2.45) is 5.92 Å². The molecule has 1 fully saturated rings. The van der Waals surface area contributed by atoms with Gasteiger partial charge in [-0.3, -0.25) is 9.48 Å². The Morgan fingerprint density at radius 3 is 2.50 bits per heavy atom. The number of aliphatic hydroxyl groups is 1. The molecular formula is C16H24F3N3O2. The summed E-state index contributed by atoms with van der Waals surface area (Å²) in [6, 6.07) is 0. The minimum atomic E-state index is -4.36. The van der Waals surface area contributed by atoms with E-state index in [2.05, 4.69) is 5.10 Å². The predicted octanol–water partition coefficient (Wildman–Crippen LogP) is 2.40. The van der Waals surface area contributed by atoms with Gasteiger partial charge in [-0.15, -0.1) is 0 Å². The van der Waals surface area contributed by atoms with Gasteiger partial charge in [0.15, 0.2) is 0 Å². The first-order valence-corrected chi connectivity index (χ1v) is 8.05. The molecule has 136 valence electrons. The number of aliphatic hydroxyl groups excluding tert-OH is 1. The molecule has 24 heavy (non-hydrogen) atoms. The fraction of sp³-hybridized carbons (Fsp3) is 0.750. The highest BCUT2D eigenvalue weighted by molar-refractivity contribution is 5.83. The van der Waals surface area contributed by atoms with E-state index in [0.717, 1.165) is 17.5 Å². The van der Waals surface area contributed by atoms with Crippen molar-refractivity contribution < 1.29 is 23.1 Å². The molecule has 1 heterocycles. The van der Waals surface area contributed by atoms with Crippen LogP contribution in [0.4, 0.5) is 13.2 Å². The summed E-state index contributed by atoms with van der Waals surface area (Å²) in [7, 11) is 1.61. The standard InChI is InChI=1S/C16H24F3N3O2/c1-9(15(24)21(4)7-13(23)12-5-6-12)14-10(2)20-22(11(14)3)8-16(17,18)19/h9,12-13,23H,5-8H2,1-4H3. The second-order valence-electron chi connectivity index (χ2n) is 6.70. The molecule has 5 nitrogen and oxygen atoms in total. The van der Waals surface area contributed by atoms with Crippen LogP contribution >= 0.6 is 0 Å². The lowest BCUT2D eigenvalue weighted by Gasteiger charge is -2.24. The normalized spacial score (nSPS) is 17.7. The Morgan fingerprint density at radius 2 is 2.00 bits per heavy atom. The minimum absolute atomic E-state index is 0.229. The Morgan fingerprint density at radius 1 is 1.42 bits per heavy atom. The molecule has 0 bridgehead atoms. The fourth-order valence-electron chi connectivity index (χ4n) is 3.12. The third-order valence-electron chi connectivity index (χ3n) is 4.57. The summed E-state index contributed by atoms with van der Waals surface area (Å²) in [5.41, 5.74) is 1.30. The Kier molecular flexibility index (Phi) is 5.27. The van der Waals surface area contributed by atoms with E-state index in [9.17, 15) is 23.1 Å². The van der Waals surface area contributed by atoms with Gasteiger partial charge in [-0.25, -0.2) is 0 Å². The lowest BCUT2D eigenvalue weighted by molar-refractivity contribution is -0.143. The van der Waals surface area contributed by atoms with E-state index in [1.165, 1.54) is 4.90 Å². The predicted molar refractivity (Wildman–Crippen MR) is 82.5 cm³/mol. The van der Waals surface area contributed by atoms with Gasteiger partial charge in [-0.2, -0.15) is 18.3 Å². The fourth-order valence-corrected chi connectivity index (χ4v) is 3.12. The van der Waals surface area contributed by atoms with Gasteiger partial charge in [-0.05, 0) is 39.5 Å². The van der Waals surface area contributed by atoms with Crippen molar-refractivity contribution in [1.82, 2.24) is 14.7 Å². The number of carbonyl (C=O) groups excluding carboxylic acids is 1. The van der Waals surface area contributed by atoms with Gasteiger partial charge in [-0.1, -0.05) is 0 Å². The average Bonchev–Trinajstić information content (AvgIpc) is 3.24. The number of hydrogen-bond donors (Lipinski definition) is 1. The van der Waals surface area contributed by atoms with Crippen LogP contribution in [-0.4, -0.2) is 51.6 Å². The van der Waals surface area contributed by atoms with Gasteiger partial charge < -0.3 is 10.0 Å². The number of halogens is 3. The summed E-state index contributed by atoms with van der Waals surface area (Å²) in [5, 5.41) is 13.9. The molecule has 1 aromatic rings. The van der Waals surface area contributed by atoms with E-state index in [4.69, 9.17) is 0 Å². The topological polar surface area (TPSA) is 58.4 Å². The van der Waals surface area contributed by atoms with E-state index in [1.54, 1.807) is 27.8 Å². The maximum atomic E-state index is 12.6. The summed E-state index contributed by atoms with van der Waals surface area (Å²) in [6.45, 7) is 3.89. The summed E-state index contributed by atoms with van der Waals surface area (Å²) in [5.74, 6) is -0.579. The Bertz CT molecular complexity index is 608. The maximum absolute atomic E-state index is 12.6. The monoisotopic (exact) mass is 347 g/mol. The van der Waals surface area contributed by atoms with Crippen LogP contribution < -0.4 is 0 Å².